The van der Waals surface area contributed by atoms with Gasteiger partial charge in [-0.25, -0.2) is 4.98 Å². The van der Waals surface area contributed by atoms with Crippen molar-refractivity contribution >= 4 is 11.6 Å². The van der Waals surface area contributed by atoms with Gasteiger partial charge in [0.25, 0.3) is 11.5 Å². The van der Waals surface area contributed by atoms with Crippen LogP contribution in [-0.2, 0) is 0 Å². The number of carbonyl (C=O) groups is 1. The van der Waals surface area contributed by atoms with E-state index in [-0.39, 0.29) is 23.1 Å². The number of hydrogen-bond acceptors (Lipinski definition) is 4. The van der Waals surface area contributed by atoms with Crippen LogP contribution in [0.3, 0.4) is 0 Å². The smallest absolute Gasteiger partial charge is 0.270 e. The molecule has 1 amide bonds. The minimum atomic E-state index is -0.323. The molecule has 0 saturated carbocycles. The van der Waals surface area contributed by atoms with Crippen LogP contribution in [-0.4, -0.2) is 33.3 Å². The standard InChI is InChI=1S/C22H23N3O3/c1-3-28-17-10-8-16(9-11-17)19-7-5-12-24(19)21(26)18-14-23-20-15(2)6-4-13-25(20)22(18)27/h4,6,8-11,13-14,19H,3,5,7,12H2,1-2H3/t19-/m0/s1. The molecule has 1 fully saturated rings. The Bertz CT molecular complexity index is 1070. The second kappa shape index (κ2) is 7.46. The van der Waals surface area contributed by atoms with Crippen molar-refractivity contribution in [3.05, 3.63) is 75.8 Å². The molecule has 0 bridgehead atoms. The average Bonchev–Trinajstić information content (AvgIpc) is 3.19. The zero-order valence-corrected chi connectivity index (χ0v) is 16.1. The van der Waals surface area contributed by atoms with Gasteiger partial charge in [-0.2, -0.15) is 0 Å². The Balaban J connectivity index is 1.66. The largest absolute Gasteiger partial charge is 0.494 e. The van der Waals surface area contributed by atoms with E-state index in [2.05, 4.69) is 4.98 Å². The molecule has 0 N–H and O–H groups in total. The van der Waals surface area contributed by atoms with Crippen LogP contribution >= 0.6 is 0 Å². The number of likely N-dealkylation sites (tertiary alicyclic amines) is 1. The molecule has 6 nitrogen and oxygen atoms in total. The van der Waals surface area contributed by atoms with Crippen molar-refractivity contribution in [2.24, 2.45) is 0 Å². The van der Waals surface area contributed by atoms with Gasteiger partial charge in [0.05, 0.1) is 12.6 Å². The first-order valence-corrected chi connectivity index (χ1v) is 9.61. The summed E-state index contributed by atoms with van der Waals surface area (Å²) in [5.74, 6) is 0.555. The van der Waals surface area contributed by atoms with E-state index in [1.807, 2.05) is 44.2 Å². The third-order valence-electron chi connectivity index (χ3n) is 5.25. The number of aryl methyl sites for hydroxylation is 1. The molecular formula is C22H23N3O3. The summed E-state index contributed by atoms with van der Waals surface area (Å²) in [6, 6.07) is 11.5. The summed E-state index contributed by atoms with van der Waals surface area (Å²) in [5.41, 5.74) is 2.32. The number of ether oxygens (including phenoxy) is 1. The van der Waals surface area contributed by atoms with E-state index in [9.17, 15) is 9.59 Å². The maximum Gasteiger partial charge on any atom is 0.270 e. The lowest BCUT2D eigenvalue weighted by Crippen LogP contribution is -2.35. The molecule has 0 aliphatic carbocycles. The van der Waals surface area contributed by atoms with Gasteiger partial charge >= 0.3 is 0 Å². The minimum Gasteiger partial charge on any atom is -0.494 e. The van der Waals surface area contributed by atoms with E-state index in [0.29, 0.717) is 18.8 Å². The number of benzene rings is 1. The van der Waals surface area contributed by atoms with Crippen LogP contribution in [0.2, 0.25) is 0 Å². The summed E-state index contributed by atoms with van der Waals surface area (Å²) in [6.45, 7) is 5.09. The summed E-state index contributed by atoms with van der Waals surface area (Å²) in [5, 5.41) is 0. The normalized spacial score (nSPS) is 16.5. The lowest BCUT2D eigenvalue weighted by Gasteiger charge is -2.25. The predicted octanol–water partition coefficient (Wildman–Crippen LogP) is 3.38. The molecule has 28 heavy (non-hydrogen) atoms. The van der Waals surface area contributed by atoms with Crippen molar-refractivity contribution in [3.63, 3.8) is 0 Å². The molecule has 144 valence electrons. The molecule has 2 aromatic heterocycles. The van der Waals surface area contributed by atoms with Gasteiger partial charge in [-0.05, 0) is 56.0 Å². The van der Waals surface area contributed by atoms with Crippen LogP contribution in [0.15, 0.2) is 53.6 Å². The van der Waals surface area contributed by atoms with Crippen molar-refractivity contribution in [1.29, 1.82) is 0 Å². The zero-order valence-electron chi connectivity index (χ0n) is 16.1. The van der Waals surface area contributed by atoms with Gasteiger partial charge in [0.2, 0.25) is 0 Å². The summed E-state index contributed by atoms with van der Waals surface area (Å²) in [6.07, 6.45) is 4.86. The van der Waals surface area contributed by atoms with E-state index in [4.69, 9.17) is 4.74 Å². The molecule has 1 aliphatic rings. The zero-order chi connectivity index (χ0) is 19.7. The maximum atomic E-state index is 13.2. The van der Waals surface area contributed by atoms with Gasteiger partial charge in [-0.3, -0.25) is 14.0 Å². The van der Waals surface area contributed by atoms with Crippen LogP contribution in [0, 0.1) is 6.92 Å². The fourth-order valence-electron chi connectivity index (χ4n) is 3.86. The quantitative estimate of drug-likeness (QED) is 0.699. The van der Waals surface area contributed by atoms with Crippen molar-refractivity contribution in [3.8, 4) is 5.75 Å². The van der Waals surface area contributed by atoms with Crippen LogP contribution in [0.5, 0.6) is 5.75 Å². The van der Waals surface area contributed by atoms with Gasteiger partial charge in [-0.15, -0.1) is 0 Å². The van der Waals surface area contributed by atoms with E-state index in [1.54, 1.807) is 17.2 Å². The Hall–Kier alpha value is -3.15. The Labute approximate surface area is 163 Å². The average molecular weight is 377 g/mol. The molecule has 1 saturated heterocycles. The second-order valence-corrected chi connectivity index (χ2v) is 7.02. The lowest BCUT2D eigenvalue weighted by molar-refractivity contribution is 0.0733. The van der Waals surface area contributed by atoms with Crippen LogP contribution in [0.25, 0.3) is 5.65 Å². The Morgan fingerprint density at radius 1 is 1.25 bits per heavy atom. The summed E-state index contributed by atoms with van der Waals surface area (Å²) >= 11 is 0. The van der Waals surface area contributed by atoms with Crippen molar-refractivity contribution in [1.82, 2.24) is 14.3 Å². The maximum absolute atomic E-state index is 13.2. The minimum absolute atomic E-state index is 0.0409. The molecule has 3 heterocycles. The topological polar surface area (TPSA) is 63.9 Å². The molecule has 1 aliphatic heterocycles. The fourth-order valence-corrected chi connectivity index (χ4v) is 3.86. The molecule has 6 heteroatoms. The summed E-state index contributed by atoms with van der Waals surface area (Å²) in [4.78, 5) is 32.2. The van der Waals surface area contributed by atoms with E-state index < -0.39 is 0 Å². The van der Waals surface area contributed by atoms with E-state index >= 15 is 0 Å². The molecular weight excluding hydrogens is 354 g/mol. The van der Waals surface area contributed by atoms with Gasteiger partial charge in [0, 0.05) is 18.9 Å². The van der Waals surface area contributed by atoms with Crippen molar-refractivity contribution in [2.75, 3.05) is 13.2 Å². The third kappa shape index (κ3) is 3.15. The third-order valence-corrected chi connectivity index (χ3v) is 5.25. The Kier molecular flexibility index (Phi) is 4.86. The monoisotopic (exact) mass is 377 g/mol. The van der Waals surface area contributed by atoms with Gasteiger partial charge < -0.3 is 9.64 Å². The summed E-state index contributed by atoms with van der Waals surface area (Å²) in [7, 11) is 0. The highest BCUT2D eigenvalue weighted by molar-refractivity contribution is 5.94. The van der Waals surface area contributed by atoms with Gasteiger partial charge in [-0.1, -0.05) is 18.2 Å². The molecule has 3 aromatic rings. The Morgan fingerprint density at radius 2 is 2.04 bits per heavy atom. The van der Waals surface area contributed by atoms with E-state index in [1.165, 1.54) is 10.6 Å². The number of carbonyl (C=O) groups excluding carboxylic acids is 1. The number of nitrogens with zero attached hydrogens (tertiary/aromatic N) is 3. The lowest BCUT2D eigenvalue weighted by atomic mass is 10.0. The number of hydrogen-bond donors (Lipinski definition) is 0. The SMILES string of the molecule is CCOc1ccc([C@@H]2CCCN2C(=O)c2cnc3c(C)cccn3c2=O)cc1. The first kappa shape index (κ1) is 18.2. The van der Waals surface area contributed by atoms with Crippen molar-refractivity contribution in [2.45, 2.75) is 32.7 Å². The highest BCUT2D eigenvalue weighted by Crippen LogP contribution is 2.33. The highest BCUT2D eigenvalue weighted by atomic mass is 16.5. The molecule has 0 unspecified atom stereocenters. The second-order valence-electron chi connectivity index (χ2n) is 7.02. The number of amides is 1. The van der Waals surface area contributed by atoms with Gasteiger partial charge in [0.1, 0.15) is 17.0 Å². The number of rotatable bonds is 4. The Morgan fingerprint density at radius 3 is 2.79 bits per heavy atom. The fraction of sp³-hybridized carbons (Fsp3) is 0.318. The van der Waals surface area contributed by atoms with Gasteiger partial charge in [0.15, 0.2) is 0 Å². The molecule has 1 aromatic carbocycles. The molecule has 4 rings (SSSR count). The number of fused-ring (bicyclic) bond motifs is 1. The van der Waals surface area contributed by atoms with Crippen LogP contribution in [0.1, 0.15) is 47.3 Å². The highest BCUT2D eigenvalue weighted by Gasteiger charge is 2.32. The van der Waals surface area contributed by atoms with Crippen LogP contribution in [0.4, 0.5) is 0 Å². The van der Waals surface area contributed by atoms with Crippen molar-refractivity contribution < 1.29 is 9.53 Å². The summed E-state index contributed by atoms with van der Waals surface area (Å²) < 4.78 is 6.95. The molecule has 0 radical (unpaired) electrons. The predicted molar refractivity (Wildman–Crippen MR) is 107 cm³/mol. The first-order chi connectivity index (χ1) is 13.6. The van der Waals surface area contributed by atoms with E-state index in [0.717, 1.165) is 29.7 Å². The molecule has 1 atom stereocenters. The number of aromatic nitrogens is 2. The molecule has 0 spiro atoms. The number of pyridine rings is 1. The van der Waals surface area contributed by atoms with Crippen LogP contribution < -0.4 is 10.3 Å². The first-order valence-electron chi connectivity index (χ1n) is 9.61.